The first kappa shape index (κ1) is 21.1. The quantitative estimate of drug-likeness (QED) is 0.293. The van der Waals surface area contributed by atoms with Crippen molar-refractivity contribution in [3.8, 4) is 0 Å². The zero-order valence-electron chi connectivity index (χ0n) is 14.2. The molecule has 0 unspecified atom stereocenters. The lowest BCUT2D eigenvalue weighted by molar-refractivity contribution is -0.108. The Morgan fingerprint density at radius 1 is 1.57 bits per heavy atom. The zero-order valence-corrected chi connectivity index (χ0v) is 15.0. The van der Waals surface area contributed by atoms with Crippen LogP contribution in [-0.2, 0) is 15.4 Å². The van der Waals surface area contributed by atoms with Gasteiger partial charge >= 0.3 is 0 Å². The molecule has 0 radical (unpaired) electrons. The van der Waals surface area contributed by atoms with E-state index in [9.17, 15) is 4.79 Å². The standard InChI is InChI=1S/C11H12ClN3O2.C5H12O/c1-3-4-9(11(13-2)14-7-16)10-5-8(6-12)15-17-10;1-5(2,3)6-4/h3-5,7H,1,6H2,2H3,(H,13,14,16);1-4H3/b9-4-;. The molecule has 0 atom stereocenters. The molecule has 6 nitrogen and oxygen atoms in total. The van der Waals surface area contributed by atoms with Gasteiger partial charge in [0.2, 0.25) is 6.41 Å². The smallest absolute Gasteiger partial charge is 0.212 e. The van der Waals surface area contributed by atoms with Gasteiger partial charge in [0.15, 0.2) is 5.76 Å². The van der Waals surface area contributed by atoms with Gasteiger partial charge in [-0.1, -0.05) is 17.8 Å². The SMILES string of the molecule is C=C/C=C(\C(=NC)NC=O)c1cc(CCl)no1.COC(C)(C)C. The molecule has 0 aliphatic rings. The van der Waals surface area contributed by atoms with E-state index in [1.165, 1.54) is 0 Å². The maximum absolute atomic E-state index is 10.5. The van der Waals surface area contributed by atoms with Crippen molar-refractivity contribution in [1.29, 1.82) is 0 Å². The van der Waals surface area contributed by atoms with E-state index >= 15 is 0 Å². The van der Waals surface area contributed by atoms with E-state index in [1.54, 1.807) is 32.4 Å². The molecule has 0 aliphatic carbocycles. The second-order valence-electron chi connectivity index (χ2n) is 5.28. The molecule has 0 bridgehead atoms. The number of amidine groups is 1. The summed E-state index contributed by atoms with van der Waals surface area (Å²) in [5.74, 6) is 1.09. The Morgan fingerprint density at radius 3 is 2.52 bits per heavy atom. The third-order valence-corrected chi connectivity index (χ3v) is 2.81. The molecule has 1 amide bonds. The van der Waals surface area contributed by atoms with E-state index in [2.05, 4.69) is 22.0 Å². The molecule has 0 fully saturated rings. The van der Waals surface area contributed by atoms with Crippen LogP contribution in [0.15, 0.2) is 34.3 Å². The summed E-state index contributed by atoms with van der Waals surface area (Å²) in [6.45, 7) is 9.66. The van der Waals surface area contributed by atoms with Crippen LogP contribution in [0.2, 0.25) is 0 Å². The molecule has 1 N–H and O–H groups in total. The molecule has 23 heavy (non-hydrogen) atoms. The average molecular weight is 342 g/mol. The average Bonchev–Trinajstić information content (AvgIpc) is 2.99. The van der Waals surface area contributed by atoms with Gasteiger partial charge in [-0.05, 0) is 26.8 Å². The van der Waals surface area contributed by atoms with Crippen LogP contribution in [0.4, 0.5) is 0 Å². The molecular formula is C16H24ClN3O3. The van der Waals surface area contributed by atoms with Crippen molar-refractivity contribution in [2.24, 2.45) is 4.99 Å². The first-order chi connectivity index (χ1) is 10.8. The molecule has 0 spiro atoms. The topological polar surface area (TPSA) is 76.7 Å². The largest absolute Gasteiger partial charge is 0.379 e. The van der Waals surface area contributed by atoms with Gasteiger partial charge in [0.05, 0.1) is 22.7 Å². The molecule has 1 heterocycles. The number of carbonyl (C=O) groups is 1. The monoisotopic (exact) mass is 341 g/mol. The van der Waals surface area contributed by atoms with Crippen LogP contribution in [0.1, 0.15) is 32.2 Å². The van der Waals surface area contributed by atoms with Gasteiger partial charge in [0, 0.05) is 20.2 Å². The third kappa shape index (κ3) is 8.32. The molecule has 0 saturated carbocycles. The Morgan fingerprint density at radius 2 is 2.17 bits per heavy atom. The van der Waals surface area contributed by atoms with Crippen LogP contribution in [0.3, 0.4) is 0 Å². The molecule has 0 aliphatic heterocycles. The summed E-state index contributed by atoms with van der Waals surface area (Å²) in [6, 6.07) is 1.68. The van der Waals surface area contributed by atoms with Crippen molar-refractivity contribution in [2.75, 3.05) is 14.2 Å². The lowest BCUT2D eigenvalue weighted by Gasteiger charge is -2.14. The highest BCUT2D eigenvalue weighted by molar-refractivity contribution is 6.24. The summed E-state index contributed by atoms with van der Waals surface area (Å²) in [7, 11) is 3.27. The highest BCUT2D eigenvalue weighted by Gasteiger charge is 2.13. The van der Waals surface area contributed by atoms with E-state index < -0.39 is 0 Å². The van der Waals surface area contributed by atoms with Crippen molar-refractivity contribution in [3.63, 3.8) is 0 Å². The van der Waals surface area contributed by atoms with E-state index in [1.807, 2.05) is 20.8 Å². The number of nitrogens with zero attached hydrogens (tertiary/aromatic N) is 2. The van der Waals surface area contributed by atoms with Gasteiger partial charge in [-0.15, -0.1) is 11.6 Å². The van der Waals surface area contributed by atoms with Crippen molar-refractivity contribution in [1.82, 2.24) is 10.5 Å². The van der Waals surface area contributed by atoms with E-state index in [0.29, 0.717) is 29.3 Å². The Balaban J connectivity index is 0.000000688. The lowest BCUT2D eigenvalue weighted by atomic mass is 10.1. The van der Waals surface area contributed by atoms with Crippen LogP contribution in [0, 0.1) is 0 Å². The number of hydrogen-bond donors (Lipinski definition) is 1. The van der Waals surface area contributed by atoms with E-state index in [4.69, 9.17) is 20.9 Å². The number of methoxy groups -OCH3 is 1. The van der Waals surface area contributed by atoms with Crippen LogP contribution < -0.4 is 5.32 Å². The minimum absolute atomic E-state index is 0.0417. The number of ether oxygens (including phenoxy) is 1. The van der Waals surface area contributed by atoms with Crippen LogP contribution in [0.5, 0.6) is 0 Å². The van der Waals surface area contributed by atoms with Gasteiger partial charge in [-0.2, -0.15) is 0 Å². The Hall–Kier alpha value is -1.92. The van der Waals surface area contributed by atoms with Crippen LogP contribution in [-0.4, -0.2) is 37.2 Å². The zero-order chi connectivity index (χ0) is 17.9. The van der Waals surface area contributed by atoms with Gasteiger partial charge in [-0.25, -0.2) is 0 Å². The van der Waals surface area contributed by atoms with Crippen LogP contribution >= 0.6 is 11.6 Å². The molecule has 1 aromatic heterocycles. The molecule has 0 aromatic carbocycles. The second kappa shape index (κ2) is 10.7. The second-order valence-corrected chi connectivity index (χ2v) is 5.55. The van der Waals surface area contributed by atoms with Crippen molar-refractivity contribution >= 4 is 29.4 Å². The molecular weight excluding hydrogens is 318 g/mol. The summed E-state index contributed by atoms with van der Waals surface area (Å²) in [5, 5.41) is 6.24. The van der Waals surface area contributed by atoms with Crippen LogP contribution in [0.25, 0.3) is 5.57 Å². The number of aromatic nitrogens is 1. The number of halogens is 1. The normalized spacial score (nSPS) is 12.3. The van der Waals surface area contributed by atoms with Gasteiger partial charge in [0.1, 0.15) is 5.84 Å². The van der Waals surface area contributed by atoms with Gasteiger partial charge in [0.25, 0.3) is 0 Å². The summed E-state index contributed by atoms with van der Waals surface area (Å²) < 4.78 is 10.0. The fourth-order valence-corrected chi connectivity index (χ4v) is 1.34. The minimum atomic E-state index is 0.0417. The van der Waals surface area contributed by atoms with Crippen molar-refractivity contribution in [3.05, 3.63) is 36.3 Å². The maximum atomic E-state index is 10.5. The maximum Gasteiger partial charge on any atom is 0.212 e. The predicted octanol–water partition coefficient (Wildman–Crippen LogP) is 3.19. The molecule has 1 aromatic rings. The first-order valence-corrected chi connectivity index (χ1v) is 7.43. The van der Waals surface area contributed by atoms with Crippen molar-refractivity contribution in [2.45, 2.75) is 32.3 Å². The summed E-state index contributed by atoms with van der Waals surface area (Å²) >= 11 is 5.63. The Kier molecular flexibility index (Phi) is 9.85. The predicted molar refractivity (Wildman–Crippen MR) is 93.6 cm³/mol. The number of carbonyl (C=O) groups excluding carboxylic acids is 1. The van der Waals surface area contributed by atoms with Gasteiger partial charge < -0.3 is 14.6 Å². The van der Waals surface area contributed by atoms with E-state index in [-0.39, 0.29) is 11.5 Å². The molecule has 0 saturated heterocycles. The Bertz CT molecular complexity index is 557. The summed E-state index contributed by atoms with van der Waals surface area (Å²) in [5.41, 5.74) is 1.23. The summed E-state index contributed by atoms with van der Waals surface area (Å²) in [4.78, 5) is 14.4. The third-order valence-electron chi connectivity index (χ3n) is 2.53. The van der Waals surface area contributed by atoms with E-state index in [0.717, 1.165) is 0 Å². The summed E-state index contributed by atoms with van der Waals surface area (Å²) in [6.07, 6.45) is 3.77. The number of allylic oxidation sites excluding steroid dienone is 2. The fourth-order valence-electron chi connectivity index (χ4n) is 1.22. The molecule has 128 valence electrons. The minimum Gasteiger partial charge on any atom is -0.379 e. The number of aliphatic imine (C=N–C) groups is 1. The van der Waals surface area contributed by atoms with Crippen molar-refractivity contribution < 1.29 is 14.1 Å². The molecule has 1 rings (SSSR count). The highest BCUT2D eigenvalue weighted by Crippen LogP contribution is 2.17. The van der Waals surface area contributed by atoms with Gasteiger partial charge in [-0.3, -0.25) is 9.79 Å². The fraction of sp³-hybridized carbons (Fsp3) is 0.438. The number of nitrogens with one attached hydrogen (secondary N) is 1. The number of rotatable bonds is 5. The lowest BCUT2D eigenvalue weighted by Crippen LogP contribution is -2.22. The number of hydrogen-bond acceptors (Lipinski definition) is 5. The first-order valence-electron chi connectivity index (χ1n) is 6.90. The highest BCUT2D eigenvalue weighted by atomic mass is 35.5. The number of alkyl halides is 1. The Labute approximate surface area is 142 Å². The number of amides is 1. The molecule has 7 heteroatoms.